The van der Waals surface area contributed by atoms with Crippen molar-refractivity contribution in [2.24, 2.45) is 5.92 Å². The molecule has 0 fully saturated rings. The van der Waals surface area contributed by atoms with E-state index in [1.54, 1.807) is 6.07 Å². The van der Waals surface area contributed by atoms with Crippen LogP contribution in [0.5, 0.6) is 0 Å². The van der Waals surface area contributed by atoms with Crippen molar-refractivity contribution in [3.8, 4) is 0 Å². The molecule has 0 amide bonds. The molecule has 0 saturated carbocycles. The lowest BCUT2D eigenvalue weighted by Crippen LogP contribution is -2.25. The molecule has 7 heteroatoms. The number of rotatable bonds is 7. The Morgan fingerprint density at radius 2 is 2.11 bits per heavy atom. The van der Waals surface area contributed by atoms with Gasteiger partial charge in [0.05, 0.1) is 11.0 Å². The van der Waals surface area contributed by atoms with Gasteiger partial charge in [0.25, 0.3) is 0 Å². The van der Waals surface area contributed by atoms with E-state index in [1.807, 2.05) is 20.8 Å². The molecule has 1 unspecified atom stereocenters. The molecule has 106 valence electrons. The van der Waals surface area contributed by atoms with Crippen LogP contribution in [0.2, 0.25) is 0 Å². The topological polar surface area (TPSA) is 100 Å². The SMILES string of the molecule is CCNc1ccc([N+](=O)[O-])c(NCC(O)C(C)C)n1. The lowest BCUT2D eigenvalue weighted by Gasteiger charge is -2.15. The summed E-state index contributed by atoms with van der Waals surface area (Å²) in [5.74, 6) is 0.807. The summed E-state index contributed by atoms with van der Waals surface area (Å²) in [6.45, 7) is 6.57. The second-order valence-electron chi connectivity index (χ2n) is 4.54. The summed E-state index contributed by atoms with van der Waals surface area (Å²) in [5, 5.41) is 26.4. The Hall–Kier alpha value is -1.89. The normalized spacial score (nSPS) is 12.3. The van der Waals surface area contributed by atoms with E-state index < -0.39 is 11.0 Å². The number of anilines is 2. The maximum absolute atomic E-state index is 10.9. The Balaban J connectivity index is 2.88. The molecule has 19 heavy (non-hydrogen) atoms. The van der Waals surface area contributed by atoms with Gasteiger partial charge < -0.3 is 15.7 Å². The minimum Gasteiger partial charge on any atom is -0.391 e. The predicted molar refractivity (Wildman–Crippen MR) is 74.4 cm³/mol. The van der Waals surface area contributed by atoms with Crippen LogP contribution in [0.25, 0.3) is 0 Å². The number of nitrogens with one attached hydrogen (secondary N) is 2. The Bertz CT molecular complexity index is 437. The van der Waals surface area contributed by atoms with Crippen molar-refractivity contribution in [1.82, 2.24) is 4.98 Å². The van der Waals surface area contributed by atoms with E-state index in [1.165, 1.54) is 6.07 Å². The van der Waals surface area contributed by atoms with Crippen LogP contribution in [0, 0.1) is 16.0 Å². The monoisotopic (exact) mass is 268 g/mol. The molecule has 1 heterocycles. The van der Waals surface area contributed by atoms with Crippen molar-refractivity contribution in [2.45, 2.75) is 26.9 Å². The Kier molecular flexibility index (Phi) is 5.50. The standard InChI is InChI=1S/C12H20N4O3/c1-4-13-11-6-5-9(16(18)19)12(15-11)14-7-10(17)8(2)3/h5-6,8,10,17H,4,7H2,1-3H3,(H2,13,14,15). The van der Waals surface area contributed by atoms with Crippen molar-refractivity contribution in [3.05, 3.63) is 22.2 Å². The van der Waals surface area contributed by atoms with Crippen LogP contribution in [-0.2, 0) is 0 Å². The van der Waals surface area contributed by atoms with Crippen LogP contribution >= 0.6 is 0 Å². The molecule has 0 bridgehead atoms. The molecule has 7 nitrogen and oxygen atoms in total. The summed E-state index contributed by atoms with van der Waals surface area (Å²) in [7, 11) is 0. The van der Waals surface area contributed by atoms with E-state index in [-0.39, 0.29) is 24.0 Å². The third-order valence-electron chi connectivity index (χ3n) is 2.68. The zero-order valence-corrected chi connectivity index (χ0v) is 11.4. The van der Waals surface area contributed by atoms with Crippen LogP contribution in [0.15, 0.2) is 12.1 Å². The lowest BCUT2D eigenvalue weighted by molar-refractivity contribution is -0.384. The maximum Gasteiger partial charge on any atom is 0.311 e. The number of nitro groups is 1. The van der Waals surface area contributed by atoms with Gasteiger partial charge in [-0.2, -0.15) is 0 Å². The molecule has 0 saturated heterocycles. The fourth-order valence-corrected chi connectivity index (χ4v) is 1.45. The number of aliphatic hydroxyl groups is 1. The van der Waals surface area contributed by atoms with E-state index in [9.17, 15) is 15.2 Å². The first-order valence-corrected chi connectivity index (χ1v) is 6.27. The molecular formula is C12H20N4O3. The van der Waals surface area contributed by atoms with Crippen molar-refractivity contribution in [3.63, 3.8) is 0 Å². The average Bonchev–Trinajstić information content (AvgIpc) is 2.36. The fraction of sp³-hybridized carbons (Fsp3) is 0.583. The summed E-state index contributed by atoms with van der Waals surface area (Å²) in [6, 6.07) is 2.96. The van der Waals surface area contributed by atoms with Crippen molar-refractivity contribution in [1.29, 1.82) is 0 Å². The molecule has 0 aliphatic heterocycles. The Morgan fingerprint density at radius 1 is 1.42 bits per heavy atom. The highest BCUT2D eigenvalue weighted by Crippen LogP contribution is 2.24. The van der Waals surface area contributed by atoms with E-state index >= 15 is 0 Å². The minimum absolute atomic E-state index is 0.0727. The number of aromatic nitrogens is 1. The third kappa shape index (κ3) is 4.36. The largest absolute Gasteiger partial charge is 0.391 e. The molecule has 1 rings (SSSR count). The average molecular weight is 268 g/mol. The van der Waals surface area contributed by atoms with Crippen LogP contribution < -0.4 is 10.6 Å². The van der Waals surface area contributed by atoms with Gasteiger partial charge in [0.1, 0.15) is 5.82 Å². The molecule has 1 aromatic rings. The second kappa shape index (κ2) is 6.89. The Morgan fingerprint density at radius 3 is 2.63 bits per heavy atom. The fourth-order valence-electron chi connectivity index (χ4n) is 1.45. The molecule has 0 aliphatic rings. The lowest BCUT2D eigenvalue weighted by atomic mass is 10.1. The molecule has 0 aromatic carbocycles. The minimum atomic E-state index is -0.579. The van der Waals surface area contributed by atoms with Gasteiger partial charge in [0.15, 0.2) is 0 Å². The van der Waals surface area contributed by atoms with Crippen molar-refractivity contribution < 1.29 is 10.0 Å². The molecule has 0 spiro atoms. The summed E-state index contributed by atoms with van der Waals surface area (Å²) in [4.78, 5) is 14.6. The van der Waals surface area contributed by atoms with E-state index in [2.05, 4.69) is 15.6 Å². The molecule has 1 atom stereocenters. The Labute approximate surface area is 112 Å². The molecule has 1 aromatic heterocycles. The van der Waals surface area contributed by atoms with Crippen molar-refractivity contribution in [2.75, 3.05) is 23.7 Å². The number of aliphatic hydroxyl groups excluding tert-OH is 1. The summed E-state index contributed by atoms with van der Waals surface area (Å²) >= 11 is 0. The van der Waals surface area contributed by atoms with Crippen LogP contribution in [0.1, 0.15) is 20.8 Å². The quantitative estimate of drug-likeness (QED) is 0.515. The number of hydrogen-bond donors (Lipinski definition) is 3. The van der Waals surface area contributed by atoms with Gasteiger partial charge in [-0.25, -0.2) is 4.98 Å². The first kappa shape index (κ1) is 15.2. The van der Waals surface area contributed by atoms with Crippen LogP contribution in [0.4, 0.5) is 17.3 Å². The van der Waals surface area contributed by atoms with Crippen LogP contribution in [-0.4, -0.2) is 34.2 Å². The number of nitrogens with zero attached hydrogens (tertiary/aromatic N) is 2. The van der Waals surface area contributed by atoms with Crippen LogP contribution in [0.3, 0.4) is 0 Å². The smallest absolute Gasteiger partial charge is 0.311 e. The highest BCUT2D eigenvalue weighted by atomic mass is 16.6. The number of hydrogen-bond acceptors (Lipinski definition) is 6. The van der Waals surface area contributed by atoms with Gasteiger partial charge in [-0.15, -0.1) is 0 Å². The first-order chi connectivity index (χ1) is 8.95. The highest BCUT2D eigenvalue weighted by Gasteiger charge is 2.17. The van der Waals surface area contributed by atoms with Gasteiger partial charge in [0, 0.05) is 19.2 Å². The van der Waals surface area contributed by atoms with Gasteiger partial charge in [-0.05, 0) is 18.9 Å². The zero-order chi connectivity index (χ0) is 14.4. The zero-order valence-electron chi connectivity index (χ0n) is 11.4. The van der Waals surface area contributed by atoms with Gasteiger partial charge >= 0.3 is 5.69 Å². The molecule has 0 radical (unpaired) electrons. The van der Waals surface area contributed by atoms with Gasteiger partial charge in [0.2, 0.25) is 5.82 Å². The van der Waals surface area contributed by atoms with E-state index in [0.29, 0.717) is 12.4 Å². The molecule has 3 N–H and O–H groups in total. The molecular weight excluding hydrogens is 248 g/mol. The summed E-state index contributed by atoms with van der Waals surface area (Å²) in [6.07, 6.45) is -0.579. The number of pyridine rings is 1. The highest BCUT2D eigenvalue weighted by molar-refractivity contribution is 5.60. The second-order valence-corrected chi connectivity index (χ2v) is 4.54. The van der Waals surface area contributed by atoms with Gasteiger partial charge in [-0.1, -0.05) is 13.8 Å². The summed E-state index contributed by atoms with van der Waals surface area (Å²) < 4.78 is 0. The first-order valence-electron chi connectivity index (χ1n) is 6.27. The van der Waals surface area contributed by atoms with E-state index in [4.69, 9.17) is 0 Å². The molecule has 0 aliphatic carbocycles. The maximum atomic E-state index is 10.9. The third-order valence-corrected chi connectivity index (χ3v) is 2.68. The predicted octanol–water partition coefficient (Wildman–Crippen LogP) is 1.85. The van der Waals surface area contributed by atoms with Gasteiger partial charge in [-0.3, -0.25) is 10.1 Å². The van der Waals surface area contributed by atoms with Crippen molar-refractivity contribution >= 4 is 17.3 Å². The van der Waals surface area contributed by atoms with E-state index in [0.717, 1.165) is 0 Å². The summed E-state index contributed by atoms with van der Waals surface area (Å²) in [5.41, 5.74) is -0.0994.